The van der Waals surface area contributed by atoms with Crippen molar-refractivity contribution >= 4 is 15.9 Å². The first-order chi connectivity index (χ1) is 9.56. The largest absolute Gasteiger partial charge is 0.311 e. The molecule has 1 aromatic carbocycles. The highest BCUT2D eigenvalue weighted by Gasteiger charge is 2.07. The number of benzene rings is 1. The third-order valence-electron chi connectivity index (χ3n) is 3.00. The molecule has 0 amide bonds. The quantitative estimate of drug-likeness (QED) is 0.871. The van der Waals surface area contributed by atoms with Gasteiger partial charge in [-0.1, -0.05) is 35.8 Å². The van der Waals surface area contributed by atoms with Crippen LogP contribution in [0, 0.1) is 11.7 Å². The van der Waals surface area contributed by atoms with Gasteiger partial charge >= 0.3 is 0 Å². The molecule has 1 heterocycles. The van der Waals surface area contributed by atoms with Crippen molar-refractivity contribution in [3.05, 3.63) is 52.0 Å². The maximum Gasteiger partial charge on any atom is 0.129 e. The van der Waals surface area contributed by atoms with E-state index in [0.717, 1.165) is 23.3 Å². The lowest BCUT2D eigenvalue weighted by molar-refractivity contribution is 0.523. The average Bonchev–Trinajstić information content (AvgIpc) is 2.80. The Morgan fingerprint density at radius 3 is 2.85 bits per heavy atom. The van der Waals surface area contributed by atoms with E-state index in [1.54, 1.807) is 12.3 Å². The second-order valence-corrected chi connectivity index (χ2v) is 6.16. The number of halogens is 2. The van der Waals surface area contributed by atoms with Gasteiger partial charge in [-0.15, -0.1) is 0 Å². The maximum absolute atomic E-state index is 13.8. The van der Waals surface area contributed by atoms with Crippen LogP contribution in [0.2, 0.25) is 0 Å². The van der Waals surface area contributed by atoms with Crippen LogP contribution in [-0.2, 0) is 13.1 Å². The van der Waals surface area contributed by atoms with E-state index in [1.807, 2.05) is 16.8 Å². The molecule has 0 fully saturated rings. The van der Waals surface area contributed by atoms with Crippen LogP contribution in [0.15, 0.2) is 34.9 Å². The molecule has 0 aliphatic carbocycles. The Morgan fingerprint density at radius 2 is 2.15 bits per heavy atom. The Bertz CT molecular complexity index is 566. The number of hydrogen-bond acceptors (Lipinski definition) is 2. The molecule has 0 radical (unpaired) electrons. The van der Waals surface area contributed by atoms with Crippen molar-refractivity contribution in [3.8, 4) is 0 Å². The fourth-order valence-corrected chi connectivity index (χ4v) is 2.29. The first-order valence-electron chi connectivity index (χ1n) is 6.71. The number of rotatable bonds is 6. The summed E-state index contributed by atoms with van der Waals surface area (Å²) in [6.07, 6.45) is 1.75. The molecule has 2 aromatic rings. The number of nitrogens with zero attached hydrogens (tertiary/aromatic N) is 2. The highest BCUT2D eigenvalue weighted by molar-refractivity contribution is 9.10. The van der Waals surface area contributed by atoms with Crippen LogP contribution >= 0.6 is 15.9 Å². The molecule has 2 rings (SSSR count). The van der Waals surface area contributed by atoms with Gasteiger partial charge in [0, 0.05) is 22.8 Å². The third-order valence-corrected chi connectivity index (χ3v) is 3.49. The summed E-state index contributed by atoms with van der Waals surface area (Å²) in [5.41, 5.74) is 1.70. The molecule has 0 spiro atoms. The van der Waals surface area contributed by atoms with Crippen molar-refractivity contribution < 1.29 is 4.39 Å². The van der Waals surface area contributed by atoms with Crippen molar-refractivity contribution in [1.29, 1.82) is 0 Å². The molecule has 0 aliphatic heterocycles. The Morgan fingerprint density at radius 1 is 1.35 bits per heavy atom. The minimum absolute atomic E-state index is 0.212. The van der Waals surface area contributed by atoms with Gasteiger partial charge in [-0.2, -0.15) is 5.10 Å². The van der Waals surface area contributed by atoms with E-state index in [4.69, 9.17) is 0 Å². The summed E-state index contributed by atoms with van der Waals surface area (Å²) in [6.45, 7) is 6.49. The highest BCUT2D eigenvalue weighted by atomic mass is 79.9. The van der Waals surface area contributed by atoms with Crippen LogP contribution in [-0.4, -0.2) is 16.3 Å². The predicted octanol–water partition coefficient (Wildman–Crippen LogP) is 3.58. The van der Waals surface area contributed by atoms with E-state index in [9.17, 15) is 4.39 Å². The summed E-state index contributed by atoms with van der Waals surface area (Å²) in [4.78, 5) is 0. The van der Waals surface area contributed by atoms with Crippen LogP contribution in [0.1, 0.15) is 25.1 Å². The smallest absolute Gasteiger partial charge is 0.129 e. The molecule has 0 aliphatic rings. The molecule has 0 saturated carbocycles. The molecular weight excluding hydrogens is 321 g/mol. The molecule has 0 bridgehead atoms. The second-order valence-electron chi connectivity index (χ2n) is 5.24. The standard InChI is InChI=1S/C15H19BrFN3/c1-11(2)8-18-9-14-5-6-19-20(14)10-12-3-4-13(16)7-15(12)17/h3-7,11,18H,8-10H2,1-2H3. The Kier molecular flexibility index (Phi) is 5.31. The van der Waals surface area contributed by atoms with E-state index >= 15 is 0 Å². The lowest BCUT2D eigenvalue weighted by atomic mass is 10.2. The first-order valence-corrected chi connectivity index (χ1v) is 7.51. The topological polar surface area (TPSA) is 29.9 Å². The van der Waals surface area contributed by atoms with Gasteiger partial charge in [0.15, 0.2) is 0 Å². The summed E-state index contributed by atoms with van der Waals surface area (Å²) in [7, 11) is 0. The Hall–Kier alpha value is -1.20. The Labute approximate surface area is 127 Å². The fourth-order valence-electron chi connectivity index (χ4n) is 1.95. The average molecular weight is 340 g/mol. The van der Waals surface area contributed by atoms with Gasteiger partial charge in [0.2, 0.25) is 0 Å². The van der Waals surface area contributed by atoms with E-state index in [1.165, 1.54) is 6.07 Å². The van der Waals surface area contributed by atoms with E-state index < -0.39 is 0 Å². The van der Waals surface area contributed by atoms with Gasteiger partial charge in [-0.3, -0.25) is 4.68 Å². The van der Waals surface area contributed by atoms with Gasteiger partial charge in [0.25, 0.3) is 0 Å². The molecule has 5 heteroatoms. The SMILES string of the molecule is CC(C)CNCc1ccnn1Cc1ccc(Br)cc1F. The van der Waals surface area contributed by atoms with Crippen molar-refractivity contribution in [1.82, 2.24) is 15.1 Å². The summed E-state index contributed by atoms with van der Waals surface area (Å²) in [6, 6.07) is 7.07. The second kappa shape index (κ2) is 6.99. The zero-order valence-corrected chi connectivity index (χ0v) is 13.3. The minimum atomic E-state index is -0.212. The summed E-state index contributed by atoms with van der Waals surface area (Å²) < 4.78 is 16.4. The van der Waals surface area contributed by atoms with Crippen LogP contribution in [0.3, 0.4) is 0 Å². The summed E-state index contributed by atoms with van der Waals surface area (Å²) >= 11 is 3.26. The van der Waals surface area contributed by atoms with Crippen LogP contribution in [0.4, 0.5) is 4.39 Å². The van der Waals surface area contributed by atoms with Gasteiger partial charge in [-0.05, 0) is 30.7 Å². The first kappa shape index (κ1) is 15.2. The van der Waals surface area contributed by atoms with E-state index in [-0.39, 0.29) is 5.82 Å². The van der Waals surface area contributed by atoms with Gasteiger partial charge in [0.05, 0.1) is 12.2 Å². The monoisotopic (exact) mass is 339 g/mol. The Balaban J connectivity index is 2.04. The van der Waals surface area contributed by atoms with Gasteiger partial charge in [0.1, 0.15) is 5.82 Å². The van der Waals surface area contributed by atoms with Crippen molar-refractivity contribution in [3.63, 3.8) is 0 Å². The normalized spacial score (nSPS) is 11.2. The number of hydrogen-bond donors (Lipinski definition) is 1. The van der Waals surface area contributed by atoms with E-state index in [0.29, 0.717) is 18.0 Å². The third kappa shape index (κ3) is 4.15. The van der Waals surface area contributed by atoms with Crippen LogP contribution in [0.25, 0.3) is 0 Å². The zero-order chi connectivity index (χ0) is 14.5. The molecular formula is C15H19BrFN3. The molecule has 1 N–H and O–H groups in total. The van der Waals surface area contributed by atoms with Gasteiger partial charge in [-0.25, -0.2) is 4.39 Å². The molecule has 0 unspecified atom stereocenters. The molecule has 3 nitrogen and oxygen atoms in total. The summed E-state index contributed by atoms with van der Waals surface area (Å²) in [5.74, 6) is 0.395. The highest BCUT2D eigenvalue weighted by Crippen LogP contribution is 2.16. The molecule has 0 saturated heterocycles. The summed E-state index contributed by atoms with van der Waals surface area (Å²) in [5, 5.41) is 7.65. The van der Waals surface area contributed by atoms with Crippen LogP contribution < -0.4 is 5.32 Å². The van der Waals surface area contributed by atoms with Crippen molar-refractivity contribution in [2.45, 2.75) is 26.9 Å². The van der Waals surface area contributed by atoms with Gasteiger partial charge < -0.3 is 5.32 Å². The predicted molar refractivity (Wildman–Crippen MR) is 82.0 cm³/mol. The molecule has 108 valence electrons. The van der Waals surface area contributed by atoms with E-state index in [2.05, 4.69) is 40.2 Å². The molecule has 1 aromatic heterocycles. The van der Waals surface area contributed by atoms with Crippen molar-refractivity contribution in [2.24, 2.45) is 5.92 Å². The lowest BCUT2D eigenvalue weighted by Gasteiger charge is -2.11. The zero-order valence-electron chi connectivity index (χ0n) is 11.7. The minimum Gasteiger partial charge on any atom is -0.311 e. The maximum atomic E-state index is 13.8. The fraction of sp³-hybridized carbons (Fsp3) is 0.400. The number of aromatic nitrogens is 2. The molecule has 0 atom stereocenters. The molecule has 20 heavy (non-hydrogen) atoms. The van der Waals surface area contributed by atoms with Crippen LogP contribution in [0.5, 0.6) is 0 Å². The van der Waals surface area contributed by atoms with Crippen molar-refractivity contribution in [2.75, 3.05) is 6.54 Å². The number of nitrogens with one attached hydrogen (secondary N) is 1. The lowest BCUT2D eigenvalue weighted by Crippen LogP contribution is -2.21.